The molecule has 1 aliphatic carbocycles. The Morgan fingerprint density at radius 2 is 1.21 bits per heavy atom. The molecule has 1 aliphatic heterocycles. The van der Waals surface area contributed by atoms with Gasteiger partial charge in [-0.3, -0.25) is 14.5 Å². The van der Waals surface area contributed by atoms with Crippen LogP contribution in [0.4, 0.5) is 11.4 Å². The number of benzene rings is 4. The van der Waals surface area contributed by atoms with Crippen LogP contribution in [0.1, 0.15) is 46.3 Å². The summed E-state index contributed by atoms with van der Waals surface area (Å²) in [4.78, 5) is 31.2. The van der Waals surface area contributed by atoms with Crippen LogP contribution in [0.25, 0.3) is 0 Å². The molecule has 1 amide bonds. The molecule has 4 aromatic carbocycles. The van der Waals surface area contributed by atoms with Crippen LogP contribution in [0.15, 0.2) is 90.1 Å². The van der Waals surface area contributed by atoms with Gasteiger partial charge in [-0.05, 0) is 59.9 Å². The van der Waals surface area contributed by atoms with Crippen LogP contribution in [0, 0.1) is 0 Å². The molecule has 4 aromatic rings. The van der Waals surface area contributed by atoms with Crippen molar-refractivity contribution >= 4 is 23.1 Å². The van der Waals surface area contributed by atoms with Crippen molar-refractivity contribution in [3.63, 3.8) is 0 Å². The van der Waals surface area contributed by atoms with Crippen LogP contribution in [-0.2, 0) is 4.79 Å². The average molecular weight is 651 g/mol. The molecule has 0 saturated heterocycles. The summed E-state index contributed by atoms with van der Waals surface area (Å²) in [5, 5.41) is 3.58. The Hall–Kier alpha value is -5.64. The van der Waals surface area contributed by atoms with Crippen molar-refractivity contribution in [3.05, 3.63) is 107 Å². The second-order valence-electron chi connectivity index (χ2n) is 11.4. The molecule has 2 atom stereocenters. The van der Waals surface area contributed by atoms with E-state index in [1.54, 1.807) is 29.2 Å². The standard InChI is InChI=1S/C38H38N2O8/c1-43-30-18-24(19-31(44-2)36(30)47-5)35-34-27(16-23(17-29(34)41)22-12-8-7-9-13-22)39-26-14-10-11-15-28(26)40(35)38(42)25-20-32(45-3)37(48-6)33(21-25)46-4/h7-15,18-21,23,35,39H,16-17H2,1-6H3. The predicted molar refractivity (Wildman–Crippen MR) is 182 cm³/mol. The van der Waals surface area contributed by atoms with E-state index in [9.17, 15) is 4.79 Å². The van der Waals surface area contributed by atoms with E-state index in [4.69, 9.17) is 28.4 Å². The number of ether oxygens (including phenoxy) is 6. The van der Waals surface area contributed by atoms with Gasteiger partial charge in [0.25, 0.3) is 5.91 Å². The van der Waals surface area contributed by atoms with Gasteiger partial charge in [-0.15, -0.1) is 0 Å². The van der Waals surface area contributed by atoms with Gasteiger partial charge in [-0.25, -0.2) is 0 Å². The highest BCUT2D eigenvalue weighted by atomic mass is 16.5. The van der Waals surface area contributed by atoms with Crippen LogP contribution >= 0.6 is 0 Å². The van der Waals surface area contributed by atoms with E-state index in [1.165, 1.54) is 42.7 Å². The third-order valence-electron chi connectivity index (χ3n) is 8.89. The number of hydrogen-bond donors (Lipinski definition) is 1. The second kappa shape index (κ2) is 13.6. The summed E-state index contributed by atoms with van der Waals surface area (Å²) in [5.41, 5.74) is 4.43. The molecule has 1 heterocycles. The van der Waals surface area contributed by atoms with Gasteiger partial charge < -0.3 is 33.7 Å². The minimum Gasteiger partial charge on any atom is -0.493 e. The Balaban J connectivity index is 1.63. The largest absolute Gasteiger partial charge is 0.493 e. The Bertz CT molecular complexity index is 1840. The summed E-state index contributed by atoms with van der Waals surface area (Å²) in [5.74, 6) is 1.67. The molecule has 2 aliphatic rings. The molecule has 0 fully saturated rings. The summed E-state index contributed by atoms with van der Waals surface area (Å²) >= 11 is 0. The lowest BCUT2D eigenvalue weighted by molar-refractivity contribution is -0.116. The second-order valence-corrected chi connectivity index (χ2v) is 11.4. The number of para-hydroxylation sites is 2. The zero-order chi connectivity index (χ0) is 33.9. The summed E-state index contributed by atoms with van der Waals surface area (Å²) in [7, 11) is 9.09. The van der Waals surface area contributed by atoms with Crippen LogP contribution in [0.3, 0.4) is 0 Å². The lowest BCUT2D eigenvalue weighted by Crippen LogP contribution is -2.38. The maximum Gasteiger partial charge on any atom is 0.259 e. The number of fused-ring (bicyclic) bond motifs is 1. The first-order chi connectivity index (χ1) is 23.4. The number of methoxy groups -OCH3 is 6. The quantitative estimate of drug-likeness (QED) is 0.206. The van der Waals surface area contributed by atoms with Crippen molar-refractivity contribution in [1.29, 1.82) is 0 Å². The number of ketones is 1. The first-order valence-electron chi connectivity index (χ1n) is 15.5. The molecule has 0 bridgehead atoms. The fourth-order valence-corrected chi connectivity index (χ4v) is 6.69. The number of carbonyl (C=O) groups is 2. The van der Waals surface area contributed by atoms with Gasteiger partial charge in [-0.1, -0.05) is 42.5 Å². The van der Waals surface area contributed by atoms with Gasteiger partial charge in [0.1, 0.15) is 0 Å². The van der Waals surface area contributed by atoms with Crippen molar-refractivity contribution in [2.75, 3.05) is 52.9 Å². The van der Waals surface area contributed by atoms with Crippen molar-refractivity contribution in [2.45, 2.75) is 24.8 Å². The first-order valence-corrected chi connectivity index (χ1v) is 15.5. The predicted octanol–water partition coefficient (Wildman–Crippen LogP) is 6.95. The minimum absolute atomic E-state index is 0.0462. The van der Waals surface area contributed by atoms with Crippen molar-refractivity contribution in [1.82, 2.24) is 0 Å². The van der Waals surface area contributed by atoms with Crippen molar-refractivity contribution in [3.8, 4) is 34.5 Å². The van der Waals surface area contributed by atoms with Gasteiger partial charge in [0, 0.05) is 23.3 Å². The molecule has 1 N–H and O–H groups in total. The molecule has 10 nitrogen and oxygen atoms in total. The number of hydrogen-bond acceptors (Lipinski definition) is 9. The Labute approximate surface area is 279 Å². The van der Waals surface area contributed by atoms with Crippen LogP contribution in [0.5, 0.6) is 34.5 Å². The third-order valence-corrected chi connectivity index (χ3v) is 8.89. The number of nitrogens with zero attached hydrogens (tertiary/aromatic N) is 1. The number of nitrogens with one attached hydrogen (secondary N) is 1. The molecular weight excluding hydrogens is 612 g/mol. The molecule has 248 valence electrons. The van der Waals surface area contributed by atoms with Gasteiger partial charge >= 0.3 is 0 Å². The van der Waals surface area contributed by atoms with Crippen molar-refractivity contribution < 1.29 is 38.0 Å². The molecular formula is C38H38N2O8. The zero-order valence-electron chi connectivity index (χ0n) is 27.8. The molecule has 48 heavy (non-hydrogen) atoms. The third kappa shape index (κ3) is 5.63. The van der Waals surface area contributed by atoms with Gasteiger partial charge in [-0.2, -0.15) is 0 Å². The zero-order valence-corrected chi connectivity index (χ0v) is 27.8. The molecule has 0 aromatic heterocycles. The summed E-state index contributed by atoms with van der Waals surface area (Å²) in [6, 6.07) is 23.5. The number of allylic oxidation sites excluding steroid dienone is 1. The van der Waals surface area contributed by atoms with Gasteiger partial charge in [0.05, 0.1) is 60.1 Å². The Kier molecular flexibility index (Phi) is 9.16. The maximum absolute atomic E-state index is 15.1. The van der Waals surface area contributed by atoms with E-state index >= 15 is 4.79 Å². The summed E-state index contributed by atoms with van der Waals surface area (Å²) in [6.07, 6.45) is 0.834. The topological polar surface area (TPSA) is 105 Å². The summed E-state index contributed by atoms with van der Waals surface area (Å²) in [6.45, 7) is 0. The van der Waals surface area contributed by atoms with E-state index < -0.39 is 11.9 Å². The van der Waals surface area contributed by atoms with Crippen LogP contribution in [0.2, 0.25) is 0 Å². The Morgan fingerprint density at radius 3 is 1.77 bits per heavy atom. The molecule has 0 saturated carbocycles. The fraction of sp³-hybridized carbons (Fsp3) is 0.263. The molecule has 6 rings (SSSR count). The van der Waals surface area contributed by atoms with Crippen LogP contribution in [-0.4, -0.2) is 54.3 Å². The molecule has 0 spiro atoms. The maximum atomic E-state index is 15.1. The SMILES string of the molecule is COc1cc(C(=O)N2c3ccccc3NC3=C(C(=O)CC(c4ccccc4)C3)C2c2cc(OC)c(OC)c(OC)c2)cc(OC)c1OC. The number of rotatable bonds is 9. The first kappa shape index (κ1) is 32.3. The molecule has 10 heteroatoms. The average Bonchev–Trinajstić information content (AvgIpc) is 3.28. The van der Waals surface area contributed by atoms with E-state index in [2.05, 4.69) is 5.32 Å². The van der Waals surface area contributed by atoms with E-state index in [1.807, 2.05) is 54.6 Å². The smallest absolute Gasteiger partial charge is 0.259 e. The highest BCUT2D eigenvalue weighted by Gasteiger charge is 2.43. The monoisotopic (exact) mass is 650 g/mol. The Morgan fingerprint density at radius 1 is 0.667 bits per heavy atom. The van der Waals surface area contributed by atoms with Gasteiger partial charge in [0.2, 0.25) is 11.5 Å². The lowest BCUT2D eigenvalue weighted by Gasteiger charge is -2.35. The minimum atomic E-state index is -0.888. The van der Waals surface area contributed by atoms with E-state index in [0.717, 1.165) is 11.3 Å². The van der Waals surface area contributed by atoms with Crippen molar-refractivity contribution in [2.24, 2.45) is 0 Å². The number of Topliss-reactive ketones (excluding diaryl/α,β-unsaturated/α-hetero) is 1. The lowest BCUT2D eigenvalue weighted by atomic mass is 9.78. The normalized spacial score (nSPS) is 17.0. The fourth-order valence-electron chi connectivity index (χ4n) is 6.69. The number of amides is 1. The van der Waals surface area contributed by atoms with Gasteiger partial charge in [0.15, 0.2) is 28.8 Å². The number of carbonyl (C=O) groups excluding carboxylic acids is 2. The van der Waals surface area contributed by atoms with E-state index in [-0.39, 0.29) is 23.7 Å². The van der Waals surface area contributed by atoms with Crippen LogP contribution < -0.4 is 38.6 Å². The molecule has 0 radical (unpaired) electrons. The highest BCUT2D eigenvalue weighted by molar-refractivity contribution is 6.12. The number of anilines is 2. The summed E-state index contributed by atoms with van der Waals surface area (Å²) < 4.78 is 33.9. The van der Waals surface area contributed by atoms with E-state index in [0.29, 0.717) is 63.4 Å². The highest BCUT2D eigenvalue weighted by Crippen LogP contribution is 2.51. The molecule has 2 unspecified atom stereocenters.